The van der Waals surface area contributed by atoms with Crippen molar-refractivity contribution < 1.29 is 61.6 Å². The molecule has 0 fully saturated rings. The normalized spacial score (nSPS) is 13.3. The second-order valence-corrected chi connectivity index (χ2v) is 9.69. The van der Waals surface area contributed by atoms with Gasteiger partial charge in [0.05, 0.1) is 144 Å². The Morgan fingerprint density at radius 1 is 0.522 bits per heavy atom. The first kappa shape index (κ1) is 42.1. The van der Waals surface area contributed by atoms with E-state index in [1.165, 1.54) is 0 Å². The van der Waals surface area contributed by atoms with E-state index in [4.69, 9.17) is 56.8 Å². The van der Waals surface area contributed by atoms with Crippen molar-refractivity contribution >= 4 is 5.97 Å². The predicted molar refractivity (Wildman–Crippen MR) is 169 cm³/mol. The van der Waals surface area contributed by atoms with Crippen LogP contribution in [-0.2, 0) is 61.6 Å². The molecule has 0 spiro atoms. The Kier molecular flexibility index (Phi) is 29.0. The molecule has 0 amide bonds. The summed E-state index contributed by atoms with van der Waals surface area (Å²) < 4.78 is 65.4. The van der Waals surface area contributed by atoms with Crippen LogP contribution in [0.25, 0.3) is 0 Å². The van der Waals surface area contributed by atoms with Gasteiger partial charge in [-0.3, -0.25) is 0 Å². The minimum Gasteiger partial charge on any atom is -0.460 e. The lowest BCUT2D eigenvalue weighted by Crippen LogP contribution is -2.33. The Morgan fingerprint density at radius 2 is 0.848 bits per heavy atom. The maximum atomic E-state index is 10.9. The average Bonchev–Trinajstić information content (AvgIpc) is 3.39. The molecule has 0 N–H and O–H groups in total. The average molecular weight is 667 g/mol. The van der Waals surface area contributed by atoms with E-state index in [2.05, 4.69) is 16.4 Å². The lowest BCUT2D eigenvalue weighted by molar-refractivity contribution is -0.139. The largest absolute Gasteiger partial charge is 0.460 e. The molecular formula is C31H58N2O13. The van der Waals surface area contributed by atoms with Crippen LogP contribution < -0.4 is 0 Å². The molecule has 0 aromatic rings. The Balaban J connectivity index is 2.27. The molecule has 1 heterocycles. The topological polar surface area (TPSA) is 134 Å². The van der Waals surface area contributed by atoms with E-state index in [9.17, 15) is 4.79 Å². The molecule has 15 nitrogen and oxygen atoms in total. The molecule has 0 radical (unpaired) electrons. The van der Waals surface area contributed by atoms with Gasteiger partial charge in [0.25, 0.3) is 0 Å². The standard InChI is InChI=1S/C31H58N2O13/c1-5-31(34)46-25-24-43-23-22-42-21-20-41-19-18-40-17-16-39-9-7-33-28-32(6-8-38-13-10-35-2)29(26-44-14-11-36-3)30(33)27-45-15-12-37-4/h5H,1,6-28H2,2-4H3. The van der Waals surface area contributed by atoms with Gasteiger partial charge in [-0.1, -0.05) is 6.58 Å². The summed E-state index contributed by atoms with van der Waals surface area (Å²) in [6.07, 6.45) is 1.12. The molecule has 0 unspecified atom stereocenters. The quantitative estimate of drug-likeness (QED) is 0.0530. The van der Waals surface area contributed by atoms with Gasteiger partial charge in [0.2, 0.25) is 0 Å². The summed E-state index contributed by atoms with van der Waals surface area (Å²) in [6, 6.07) is 0. The van der Waals surface area contributed by atoms with Gasteiger partial charge in [-0.2, -0.15) is 0 Å². The van der Waals surface area contributed by atoms with Crippen molar-refractivity contribution in [3.05, 3.63) is 24.0 Å². The molecule has 0 aromatic carbocycles. The predicted octanol–water partition coefficient (Wildman–Crippen LogP) is 0.574. The van der Waals surface area contributed by atoms with Gasteiger partial charge in [0, 0.05) is 40.5 Å². The first-order chi connectivity index (χ1) is 22.7. The minimum absolute atomic E-state index is 0.193. The summed E-state index contributed by atoms with van der Waals surface area (Å²) in [4.78, 5) is 15.4. The van der Waals surface area contributed by atoms with E-state index in [1.54, 1.807) is 21.3 Å². The molecule has 0 saturated carbocycles. The number of rotatable bonds is 35. The lowest BCUT2D eigenvalue weighted by Gasteiger charge is -2.24. The molecule has 15 heteroatoms. The number of methoxy groups -OCH3 is 3. The SMILES string of the molecule is C=CC(=O)OCCOCCOCCOCCOCCOCCN1CN(CCOCCOC)C(COCCOC)=C1COCCOC. The molecule has 1 aliphatic rings. The summed E-state index contributed by atoms with van der Waals surface area (Å²) in [6.45, 7) is 14.8. The van der Waals surface area contributed by atoms with Crippen LogP contribution in [-0.4, -0.2) is 189 Å². The third-order valence-corrected chi connectivity index (χ3v) is 6.35. The summed E-state index contributed by atoms with van der Waals surface area (Å²) in [5, 5.41) is 0. The van der Waals surface area contributed by atoms with Crippen molar-refractivity contribution in [3.8, 4) is 0 Å². The zero-order valence-corrected chi connectivity index (χ0v) is 28.2. The third-order valence-electron chi connectivity index (χ3n) is 6.35. The van der Waals surface area contributed by atoms with Gasteiger partial charge < -0.3 is 66.6 Å². The van der Waals surface area contributed by atoms with Crippen molar-refractivity contribution in [1.82, 2.24) is 9.80 Å². The van der Waals surface area contributed by atoms with Gasteiger partial charge >= 0.3 is 5.97 Å². The molecule has 1 rings (SSSR count). The highest BCUT2D eigenvalue weighted by molar-refractivity contribution is 5.81. The van der Waals surface area contributed by atoms with Gasteiger partial charge in [-0.25, -0.2) is 4.79 Å². The number of hydrogen-bond donors (Lipinski definition) is 0. The fourth-order valence-corrected chi connectivity index (χ4v) is 3.96. The Bertz CT molecular complexity index is 760. The van der Waals surface area contributed by atoms with Crippen molar-refractivity contribution in [3.63, 3.8) is 0 Å². The van der Waals surface area contributed by atoms with E-state index >= 15 is 0 Å². The van der Waals surface area contributed by atoms with Gasteiger partial charge in [-0.15, -0.1) is 0 Å². The summed E-state index contributed by atoms with van der Waals surface area (Å²) >= 11 is 0. The summed E-state index contributed by atoms with van der Waals surface area (Å²) in [7, 11) is 4.98. The van der Waals surface area contributed by atoms with Gasteiger partial charge in [0.15, 0.2) is 0 Å². The number of nitrogens with zero attached hydrogens (tertiary/aromatic N) is 2. The third kappa shape index (κ3) is 22.6. The van der Waals surface area contributed by atoms with Crippen LogP contribution in [0.3, 0.4) is 0 Å². The fourth-order valence-electron chi connectivity index (χ4n) is 3.96. The van der Waals surface area contributed by atoms with Crippen molar-refractivity contribution in [2.45, 2.75) is 0 Å². The van der Waals surface area contributed by atoms with E-state index in [1.807, 2.05) is 0 Å². The number of carbonyl (C=O) groups excluding carboxylic acids is 1. The Labute approximate surface area is 274 Å². The van der Waals surface area contributed by atoms with Crippen LogP contribution in [0.1, 0.15) is 0 Å². The van der Waals surface area contributed by atoms with Crippen LogP contribution in [0.4, 0.5) is 0 Å². The smallest absolute Gasteiger partial charge is 0.330 e. The highest BCUT2D eigenvalue weighted by Gasteiger charge is 2.28. The molecule has 0 aliphatic carbocycles. The van der Waals surface area contributed by atoms with Crippen LogP contribution in [0.2, 0.25) is 0 Å². The summed E-state index contributed by atoms with van der Waals surface area (Å²) in [5.74, 6) is -0.461. The zero-order chi connectivity index (χ0) is 33.3. The molecule has 270 valence electrons. The lowest BCUT2D eigenvalue weighted by atomic mass is 10.3. The molecule has 1 aliphatic heterocycles. The second-order valence-electron chi connectivity index (χ2n) is 9.69. The van der Waals surface area contributed by atoms with Crippen molar-refractivity contribution in [2.24, 2.45) is 0 Å². The Morgan fingerprint density at radius 3 is 1.22 bits per heavy atom. The number of hydrogen-bond acceptors (Lipinski definition) is 15. The number of carbonyl (C=O) groups is 1. The van der Waals surface area contributed by atoms with Crippen LogP contribution in [0.15, 0.2) is 24.0 Å². The summed E-state index contributed by atoms with van der Waals surface area (Å²) in [5.41, 5.74) is 2.15. The molecule has 0 aromatic heterocycles. The molecule has 0 saturated heterocycles. The Hall–Kier alpha value is -1.89. The molecule has 46 heavy (non-hydrogen) atoms. The van der Waals surface area contributed by atoms with Crippen LogP contribution >= 0.6 is 0 Å². The molecule has 0 bridgehead atoms. The maximum Gasteiger partial charge on any atom is 0.330 e. The van der Waals surface area contributed by atoms with E-state index < -0.39 is 5.97 Å². The highest BCUT2D eigenvalue weighted by atomic mass is 16.6. The van der Waals surface area contributed by atoms with Gasteiger partial charge in [-0.05, 0) is 0 Å². The van der Waals surface area contributed by atoms with Crippen molar-refractivity contribution in [2.75, 3.05) is 173 Å². The number of esters is 1. The monoisotopic (exact) mass is 666 g/mol. The van der Waals surface area contributed by atoms with Gasteiger partial charge in [0.1, 0.15) is 6.61 Å². The molecule has 0 atom stereocenters. The first-order valence-electron chi connectivity index (χ1n) is 15.8. The van der Waals surface area contributed by atoms with Crippen LogP contribution in [0, 0.1) is 0 Å². The van der Waals surface area contributed by atoms with E-state index in [0.717, 1.165) is 24.0 Å². The molecular weight excluding hydrogens is 608 g/mol. The maximum absolute atomic E-state index is 10.9. The van der Waals surface area contributed by atoms with E-state index in [-0.39, 0.29) is 6.61 Å². The van der Waals surface area contributed by atoms with Crippen LogP contribution in [0.5, 0.6) is 0 Å². The highest BCUT2D eigenvalue weighted by Crippen LogP contribution is 2.24. The van der Waals surface area contributed by atoms with Crippen molar-refractivity contribution in [1.29, 1.82) is 0 Å². The zero-order valence-electron chi connectivity index (χ0n) is 28.2. The second kappa shape index (κ2) is 31.7. The number of ether oxygens (including phenoxy) is 12. The fraction of sp³-hybridized carbons (Fsp3) is 0.839. The minimum atomic E-state index is -0.461. The first-order valence-corrected chi connectivity index (χ1v) is 15.8. The van der Waals surface area contributed by atoms with E-state index in [0.29, 0.717) is 139 Å².